The molecule has 0 atom stereocenters. The van der Waals surface area contributed by atoms with E-state index in [0.29, 0.717) is 38.3 Å². The molecule has 1 aromatic rings. The van der Waals surface area contributed by atoms with Gasteiger partial charge < -0.3 is 5.32 Å². The first-order valence-electron chi connectivity index (χ1n) is 6.53. The topological polar surface area (TPSA) is 108 Å². The summed E-state index contributed by atoms with van der Waals surface area (Å²) in [5.41, 5.74) is 0. The first-order chi connectivity index (χ1) is 9.38. The third-order valence-corrected chi connectivity index (χ3v) is 4.14. The number of aromatic nitrogens is 3. The maximum Gasteiger partial charge on any atom is 0.290 e. The molecule has 0 aliphatic rings. The Kier molecular flexibility index (Phi) is 6.08. The number of nitrogens with one attached hydrogen (secondary N) is 2. The molecule has 0 aromatic carbocycles. The molecule has 0 spiro atoms. The van der Waals surface area contributed by atoms with Crippen molar-refractivity contribution < 1.29 is 13.2 Å². The summed E-state index contributed by atoms with van der Waals surface area (Å²) in [5, 5.41) is 9.13. The summed E-state index contributed by atoms with van der Waals surface area (Å²) in [4.78, 5) is 15.7. The maximum atomic E-state index is 11.7. The fourth-order valence-electron chi connectivity index (χ4n) is 1.65. The van der Waals surface area contributed by atoms with Crippen molar-refractivity contribution in [3.05, 3.63) is 11.6 Å². The lowest BCUT2D eigenvalue weighted by molar-refractivity contribution is 0.0942. The number of rotatable bonds is 8. The van der Waals surface area contributed by atoms with Crippen LogP contribution in [0.2, 0.25) is 0 Å². The number of hydrogen-bond acceptors (Lipinski definition) is 5. The number of aryl methyl sites for hydroxylation is 1. The van der Waals surface area contributed by atoms with Gasteiger partial charge in [0, 0.05) is 26.1 Å². The van der Waals surface area contributed by atoms with E-state index >= 15 is 0 Å². The highest BCUT2D eigenvalue weighted by Crippen LogP contribution is 1.98. The van der Waals surface area contributed by atoms with E-state index in [1.807, 2.05) is 6.92 Å². The van der Waals surface area contributed by atoms with Gasteiger partial charge in [0.15, 0.2) is 0 Å². The van der Waals surface area contributed by atoms with Gasteiger partial charge in [0.2, 0.25) is 15.8 Å². The van der Waals surface area contributed by atoms with Crippen molar-refractivity contribution >= 4 is 15.9 Å². The van der Waals surface area contributed by atoms with Gasteiger partial charge in [0.05, 0.1) is 6.26 Å². The molecule has 1 aromatic heterocycles. The standard InChI is InChI=1S/C11H21N5O3S/c1-4-9-13-10(15-14-9)11(17)12-7-6-8-16(5-2)20(3,18)19/h4-8H2,1-3H3,(H,12,17)(H,13,14,15). The summed E-state index contributed by atoms with van der Waals surface area (Å²) >= 11 is 0. The third-order valence-electron chi connectivity index (χ3n) is 2.76. The molecule has 0 radical (unpaired) electrons. The van der Waals surface area contributed by atoms with E-state index in [-0.39, 0.29) is 11.7 Å². The first kappa shape index (κ1) is 16.6. The molecule has 20 heavy (non-hydrogen) atoms. The summed E-state index contributed by atoms with van der Waals surface area (Å²) in [6.45, 7) is 4.87. The van der Waals surface area contributed by atoms with Gasteiger partial charge in [0.1, 0.15) is 5.82 Å². The molecule has 0 unspecified atom stereocenters. The van der Waals surface area contributed by atoms with Gasteiger partial charge in [-0.05, 0) is 6.42 Å². The number of nitrogens with zero attached hydrogens (tertiary/aromatic N) is 3. The summed E-state index contributed by atoms with van der Waals surface area (Å²) in [6.07, 6.45) is 2.40. The Labute approximate surface area is 119 Å². The van der Waals surface area contributed by atoms with E-state index in [4.69, 9.17) is 0 Å². The summed E-state index contributed by atoms with van der Waals surface area (Å²) in [5.74, 6) is 0.407. The van der Waals surface area contributed by atoms with E-state index < -0.39 is 10.0 Å². The Morgan fingerprint density at radius 1 is 1.40 bits per heavy atom. The molecule has 0 bridgehead atoms. The highest BCUT2D eigenvalue weighted by molar-refractivity contribution is 7.88. The van der Waals surface area contributed by atoms with E-state index in [1.54, 1.807) is 6.92 Å². The van der Waals surface area contributed by atoms with Crippen molar-refractivity contribution in [2.45, 2.75) is 26.7 Å². The summed E-state index contributed by atoms with van der Waals surface area (Å²) in [7, 11) is -3.18. The lowest BCUT2D eigenvalue weighted by Crippen LogP contribution is -2.33. The summed E-state index contributed by atoms with van der Waals surface area (Å²) in [6, 6.07) is 0. The SMILES string of the molecule is CCc1nc(C(=O)NCCCN(CC)S(C)(=O)=O)n[nH]1. The van der Waals surface area contributed by atoms with Gasteiger partial charge in [-0.3, -0.25) is 9.89 Å². The monoisotopic (exact) mass is 303 g/mol. The number of carbonyl (C=O) groups excluding carboxylic acids is 1. The second kappa shape index (κ2) is 7.34. The molecule has 0 fully saturated rings. The van der Waals surface area contributed by atoms with Crippen LogP contribution in [0.5, 0.6) is 0 Å². The highest BCUT2D eigenvalue weighted by atomic mass is 32.2. The Bertz CT molecular complexity index is 540. The molecule has 1 rings (SSSR count). The zero-order chi connectivity index (χ0) is 15.2. The van der Waals surface area contributed by atoms with E-state index in [1.165, 1.54) is 10.6 Å². The van der Waals surface area contributed by atoms with Crippen molar-refractivity contribution in [3.63, 3.8) is 0 Å². The molecule has 0 aliphatic carbocycles. The van der Waals surface area contributed by atoms with Crippen molar-refractivity contribution in [2.24, 2.45) is 0 Å². The molecule has 2 N–H and O–H groups in total. The predicted molar refractivity (Wildman–Crippen MR) is 74.8 cm³/mol. The Hall–Kier alpha value is -1.48. The maximum absolute atomic E-state index is 11.7. The number of amides is 1. The Balaban J connectivity index is 2.35. The van der Waals surface area contributed by atoms with Crippen LogP contribution >= 0.6 is 0 Å². The van der Waals surface area contributed by atoms with Crippen molar-refractivity contribution in [1.82, 2.24) is 24.8 Å². The minimum absolute atomic E-state index is 0.109. The minimum atomic E-state index is -3.18. The predicted octanol–water partition coefficient (Wildman–Crippen LogP) is -0.231. The lowest BCUT2D eigenvalue weighted by Gasteiger charge is -2.17. The molecule has 114 valence electrons. The number of H-pyrrole nitrogens is 1. The van der Waals surface area contributed by atoms with Crippen LogP contribution in [0.25, 0.3) is 0 Å². The first-order valence-corrected chi connectivity index (χ1v) is 8.37. The minimum Gasteiger partial charge on any atom is -0.349 e. The molecule has 0 saturated carbocycles. The van der Waals surface area contributed by atoms with Crippen LogP contribution in [-0.2, 0) is 16.4 Å². The highest BCUT2D eigenvalue weighted by Gasteiger charge is 2.14. The average Bonchev–Trinajstić information content (AvgIpc) is 2.85. The molecule has 9 heteroatoms. The third kappa shape index (κ3) is 4.89. The van der Waals surface area contributed by atoms with Crippen molar-refractivity contribution in [2.75, 3.05) is 25.9 Å². The van der Waals surface area contributed by atoms with Crippen LogP contribution in [0.3, 0.4) is 0 Å². The Morgan fingerprint density at radius 2 is 2.10 bits per heavy atom. The molecule has 1 heterocycles. The fourth-order valence-corrected chi connectivity index (χ4v) is 2.58. The van der Waals surface area contributed by atoms with E-state index in [2.05, 4.69) is 20.5 Å². The van der Waals surface area contributed by atoms with E-state index in [9.17, 15) is 13.2 Å². The van der Waals surface area contributed by atoms with Gasteiger partial charge in [0.25, 0.3) is 5.91 Å². The van der Waals surface area contributed by atoms with Crippen LogP contribution in [-0.4, -0.2) is 59.7 Å². The van der Waals surface area contributed by atoms with Gasteiger partial charge in [-0.15, -0.1) is 5.10 Å². The molecule has 0 aliphatic heterocycles. The zero-order valence-corrected chi connectivity index (χ0v) is 12.8. The van der Waals surface area contributed by atoms with Gasteiger partial charge in [-0.2, -0.15) is 0 Å². The Morgan fingerprint density at radius 3 is 2.60 bits per heavy atom. The van der Waals surface area contributed by atoms with Crippen molar-refractivity contribution in [1.29, 1.82) is 0 Å². The van der Waals surface area contributed by atoms with Crippen LogP contribution < -0.4 is 5.32 Å². The van der Waals surface area contributed by atoms with Gasteiger partial charge in [-0.1, -0.05) is 13.8 Å². The smallest absolute Gasteiger partial charge is 0.290 e. The molecule has 8 nitrogen and oxygen atoms in total. The number of aromatic amines is 1. The van der Waals surface area contributed by atoms with Crippen molar-refractivity contribution in [3.8, 4) is 0 Å². The molecular weight excluding hydrogens is 282 g/mol. The molecule has 0 saturated heterocycles. The van der Waals surface area contributed by atoms with Crippen LogP contribution in [0.1, 0.15) is 36.7 Å². The van der Waals surface area contributed by atoms with E-state index in [0.717, 1.165) is 0 Å². The lowest BCUT2D eigenvalue weighted by atomic mass is 10.4. The van der Waals surface area contributed by atoms with Gasteiger partial charge in [-0.25, -0.2) is 17.7 Å². The van der Waals surface area contributed by atoms with Crippen LogP contribution in [0, 0.1) is 0 Å². The number of carbonyl (C=O) groups is 1. The van der Waals surface area contributed by atoms with Gasteiger partial charge >= 0.3 is 0 Å². The molecular formula is C11H21N5O3S. The number of hydrogen-bond donors (Lipinski definition) is 2. The second-order valence-corrected chi connectivity index (χ2v) is 6.31. The normalized spacial score (nSPS) is 11.8. The second-order valence-electron chi connectivity index (χ2n) is 4.32. The largest absolute Gasteiger partial charge is 0.349 e. The van der Waals surface area contributed by atoms with Crippen LogP contribution in [0.4, 0.5) is 0 Å². The quantitative estimate of drug-likeness (QED) is 0.645. The summed E-state index contributed by atoms with van der Waals surface area (Å²) < 4.78 is 24.1. The number of sulfonamides is 1. The molecule has 1 amide bonds. The fraction of sp³-hybridized carbons (Fsp3) is 0.727. The average molecular weight is 303 g/mol. The van der Waals surface area contributed by atoms with Crippen LogP contribution in [0.15, 0.2) is 0 Å². The zero-order valence-electron chi connectivity index (χ0n) is 12.0.